The van der Waals surface area contributed by atoms with Gasteiger partial charge in [0.15, 0.2) is 0 Å². The highest BCUT2D eigenvalue weighted by Crippen LogP contribution is 2.42. The summed E-state index contributed by atoms with van der Waals surface area (Å²) >= 11 is 5.99. The third-order valence-electron chi connectivity index (χ3n) is 5.88. The molecule has 0 unspecified atom stereocenters. The van der Waals surface area contributed by atoms with E-state index in [-0.39, 0.29) is 0 Å². The molecule has 0 aliphatic heterocycles. The first-order chi connectivity index (χ1) is 9.33. The predicted molar refractivity (Wildman–Crippen MR) is 85.8 cm³/mol. The minimum Gasteiger partial charge on any atom is -0.126 e. The molecule has 2 fully saturated rings. The van der Waals surface area contributed by atoms with Crippen molar-refractivity contribution in [1.82, 2.24) is 0 Å². The van der Waals surface area contributed by atoms with Crippen molar-refractivity contribution in [2.24, 2.45) is 23.7 Å². The summed E-state index contributed by atoms with van der Waals surface area (Å²) in [5.41, 5.74) is 0. The molecule has 0 heterocycles. The van der Waals surface area contributed by atoms with Gasteiger partial charge in [-0.2, -0.15) is 0 Å². The summed E-state index contributed by atoms with van der Waals surface area (Å²) in [5.74, 6) is 4.93. The van der Waals surface area contributed by atoms with Crippen molar-refractivity contribution >= 4 is 11.6 Å². The fourth-order valence-corrected chi connectivity index (χ4v) is 4.75. The topological polar surface area (TPSA) is 0 Å². The molecule has 0 atom stereocenters. The van der Waals surface area contributed by atoms with Gasteiger partial charge in [0.1, 0.15) is 0 Å². The van der Waals surface area contributed by atoms with Crippen molar-refractivity contribution in [3.63, 3.8) is 0 Å². The highest BCUT2D eigenvalue weighted by atomic mass is 35.5. The molecule has 0 N–H and O–H groups in total. The van der Waals surface area contributed by atoms with Crippen molar-refractivity contribution in [1.29, 1.82) is 0 Å². The molecule has 0 nitrogen and oxygen atoms in total. The van der Waals surface area contributed by atoms with Crippen LogP contribution in [0.2, 0.25) is 0 Å². The summed E-state index contributed by atoms with van der Waals surface area (Å²) in [7, 11) is 0. The molecular weight excluding hydrogens is 252 g/mol. The number of halogens is 1. The fraction of sp³-hybridized carbons (Fsp3) is 1.00. The number of alkyl halides is 1. The van der Waals surface area contributed by atoms with Gasteiger partial charge in [0.05, 0.1) is 0 Å². The molecule has 2 aliphatic rings. The Morgan fingerprint density at radius 1 is 0.737 bits per heavy atom. The van der Waals surface area contributed by atoms with Crippen LogP contribution in [0.3, 0.4) is 0 Å². The third-order valence-corrected chi connectivity index (χ3v) is 6.32. The summed E-state index contributed by atoms with van der Waals surface area (Å²) in [6.45, 7) is 2.31. The van der Waals surface area contributed by atoms with Crippen molar-refractivity contribution in [3.8, 4) is 0 Å². The zero-order valence-electron chi connectivity index (χ0n) is 12.9. The van der Waals surface area contributed by atoms with Gasteiger partial charge >= 0.3 is 0 Å². The molecular formula is C18H33Cl. The standard InChI is InChI=1S/C18H33Cl/c1-2-3-4-5-15-6-10-17(11-7-15)18-12-8-16(14-19)9-13-18/h15-18H,2-14H2,1H3/t15-,16-,17-,18-. The lowest BCUT2D eigenvalue weighted by molar-refractivity contribution is 0.147. The smallest absolute Gasteiger partial charge is 0.0251 e. The maximum atomic E-state index is 5.99. The average molecular weight is 285 g/mol. The van der Waals surface area contributed by atoms with Gasteiger partial charge < -0.3 is 0 Å². The molecule has 2 rings (SSSR count). The molecule has 0 spiro atoms. The Hall–Kier alpha value is 0.290. The molecule has 2 saturated carbocycles. The summed E-state index contributed by atoms with van der Waals surface area (Å²) in [4.78, 5) is 0. The largest absolute Gasteiger partial charge is 0.126 e. The van der Waals surface area contributed by atoms with Crippen molar-refractivity contribution < 1.29 is 0 Å². The number of unbranched alkanes of at least 4 members (excludes halogenated alkanes) is 2. The molecule has 112 valence electrons. The van der Waals surface area contributed by atoms with Gasteiger partial charge in [-0.3, -0.25) is 0 Å². The normalized spacial score (nSPS) is 36.3. The van der Waals surface area contributed by atoms with Crippen LogP contribution in [0.15, 0.2) is 0 Å². The van der Waals surface area contributed by atoms with Crippen LogP contribution in [-0.4, -0.2) is 5.88 Å². The van der Waals surface area contributed by atoms with Gasteiger partial charge in [0.2, 0.25) is 0 Å². The maximum Gasteiger partial charge on any atom is 0.0251 e. The van der Waals surface area contributed by atoms with E-state index in [1.165, 1.54) is 77.0 Å². The van der Waals surface area contributed by atoms with Gasteiger partial charge in [0.25, 0.3) is 0 Å². The fourth-order valence-electron chi connectivity index (χ4n) is 4.45. The Morgan fingerprint density at radius 2 is 1.26 bits per heavy atom. The van der Waals surface area contributed by atoms with E-state index in [0.29, 0.717) is 0 Å². The van der Waals surface area contributed by atoms with Gasteiger partial charge in [-0.1, -0.05) is 45.4 Å². The van der Waals surface area contributed by atoms with Crippen LogP contribution < -0.4 is 0 Å². The van der Waals surface area contributed by atoms with Crippen LogP contribution in [0.4, 0.5) is 0 Å². The lowest BCUT2D eigenvalue weighted by Gasteiger charge is -2.37. The number of rotatable bonds is 6. The molecule has 0 aromatic heterocycles. The lowest BCUT2D eigenvalue weighted by Crippen LogP contribution is -2.26. The summed E-state index contributed by atoms with van der Waals surface area (Å²) < 4.78 is 0. The van der Waals surface area contributed by atoms with E-state index in [4.69, 9.17) is 11.6 Å². The Kier molecular flexibility index (Phi) is 7.05. The van der Waals surface area contributed by atoms with Crippen molar-refractivity contribution in [3.05, 3.63) is 0 Å². The Bertz CT molecular complexity index is 222. The zero-order chi connectivity index (χ0) is 13.5. The highest BCUT2D eigenvalue weighted by molar-refractivity contribution is 6.18. The molecule has 0 radical (unpaired) electrons. The predicted octanol–water partition coefficient (Wildman–Crippen LogP) is 6.42. The SMILES string of the molecule is CCCCC[C@H]1CC[C@H]([C@H]2CC[C@H](CCl)CC2)CC1. The summed E-state index contributed by atoms with van der Waals surface area (Å²) in [6, 6.07) is 0. The highest BCUT2D eigenvalue weighted by Gasteiger charge is 2.30. The van der Waals surface area contributed by atoms with Crippen LogP contribution >= 0.6 is 11.6 Å². The summed E-state index contributed by atoms with van der Waals surface area (Å²) in [6.07, 6.45) is 17.7. The molecule has 2 aliphatic carbocycles. The molecule has 19 heavy (non-hydrogen) atoms. The molecule has 0 amide bonds. The minimum atomic E-state index is 0.836. The quantitative estimate of drug-likeness (QED) is 0.390. The minimum absolute atomic E-state index is 0.836. The van der Waals surface area contributed by atoms with Crippen molar-refractivity contribution in [2.75, 3.05) is 5.88 Å². The lowest BCUT2D eigenvalue weighted by atomic mass is 9.69. The third kappa shape index (κ3) is 4.96. The number of hydrogen-bond donors (Lipinski definition) is 0. The van der Waals surface area contributed by atoms with Crippen LogP contribution in [-0.2, 0) is 0 Å². The van der Waals surface area contributed by atoms with E-state index in [2.05, 4.69) is 6.92 Å². The van der Waals surface area contributed by atoms with Gasteiger partial charge in [0, 0.05) is 5.88 Å². The molecule has 0 aromatic carbocycles. The summed E-state index contributed by atoms with van der Waals surface area (Å²) in [5, 5.41) is 0. The Labute approximate surface area is 125 Å². The maximum absolute atomic E-state index is 5.99. The molecule has 0 saturated heterocycles. The second-order valence-corrected chi connectivity index (χ2v) is 7.52. The van der Waals surface area contributed by atoms with E-state index >= 15 is 0 Å². The van der Waals surface area contributed by atoms with Crippen molar-refractivity contribution in [2.45, 2.75) is 84.0 Å². The Balaban J connectivity index is 1.63. The second-order valence-electron chi connectivity index (χ2n) is 7.21. The van der Waals surface area contributed by atoms with E-state index in [9.17, 15) is 0 Å². The first-order valence-electron chi connectivity index (χ1n) is 8.89. The first kappa shape index (κ1) is 15.7. The van der Waals surface area contributed by atoms with E-state index < -0.39 is 0 Å². The van der Waals surface area contributed by atoms with Gasteiger partial charge in [-0.05, 0) is 62.2 Å². The monoisotopic (exact) mass is 284 g/mol. The van der Waals surface area contributed by atoms with E-state index in [1.807, 2.05) is 0 Å². The first-order valence-corrected chi connectivity index (χ1v) is 9.42. The van der Waals surface area contributed by atoms with Crippen LogP contribution in [0.1, 0.15) is 84.0 Å². The number of hydrogen-bond acceptors (Lipinski definition) is 0. The van der Waals surface area contributed by atoms with Gasteiger partial charge in [-0.15, -0.1) is 11.6 Å². The molecule has 1 heteroatoms. The van der Waals surface area contributed by atoms with Gasteiger partial charge in [-0.25, -0.2) is 0 Å². The van der Waals surface area contributed by atoms with Crippen LogP contribution in [0, 0.1) is 23.7 Å². The molecule has 0 bridgehead atoms. The molecule has 0 aromatic rings. The van der Waals surface area contributed by atoms with Crippen LogP contribution in [0.25, 0.3) is 0 Å². The van der Waals surface area contributed by atoms with E-state index in [0.717, 1.165) is 29.6 Å². The average Bonchev–Trinajstić information content (AvgIpc) is 2.48. The van der Waals surface area contributed by atoms with E-state index in [1.54, 1.807) is 0 Å². The Morgan fingerprint density at radius 3 is 1.74 bits per heavy atom. The van der Waals surface area contributed by atoms with Crippen LogP contribution in [0.5, 0.6) is 0 Å². The second kappa shape index (κ2) is 8.55. The zero-order valence-corrected chi connectivity index (χ0v) is 13.6.